The lowest BCUT2D eigenvalue weighted by molar-refractivity contribution is -0.126. The van der Waals surface area contributed by atoms with Crippen LogP contribution < -0.4 is 10.6 Å². The van der Waals surface area contributed by atoms with E-state index in [9.17, 15) is 9.59 Å². The SMILES string of the molecule is C[C@@H](NC(=O)CNC(=O)Cc1ccccc1)c1ccco1. The molecule has 2 N–H and O–H groups in total. The molecular formula is C16H18N2O3. The average molecular weight is 286 g/mol. The Kier molecular flexibility index (Phi) is 5.15. The summed E-state index contributed by atoms with van der Waals surface area (Å²) in [7, 11) is 0. The molecule has 0 spiro atoms. The van der Waals surface area contributed by atoms with Gasteiger partial charge in [-0.2, -0.15) is 0 Å². The Morgan fingerprint density at radius 1 is 1.10 bits per heavy atom. The molecule has 2 rings (SSSR count). The fourth-order valence-corrected chi connectivity index (χ4v) is 1.92. The van der Waals surface area contributed by atoms with Crippen LogP contribution in [0.4, 0.5) is 0 Å². The molecule has 110 valence electrons. The molecular weight excluding hydrogens is 268 g/mol. The van der Waals surface area contributed by atoms with Gasteiger partial charge in [-0.05, 0) is 24.6 Å². The highest BCUT2D eigenvalue weighted by Gasteiger charge is 2.12. The first kappa shape index (κ1) is 14.8. The minimum atomic E-state index is -0.250. The van der Waals surface area contributed by atoms with Gasteiger partial charge in [0.15, 0.2) is 0 Å². The predicted octanol–water partition coefficient (Wildman–Crippen LogP) is 1.82. The second-order valence-corrected chi connectivity index (χ2v) is 4.74. The van der Waals surface area contributed by atoms with Gasteiger partial charge in [-0.1, -0.05) is 30.3 Å². The Labute approximate surface area is 123 Å². The fraction of sp³-hybridized carbons (Fsp3) is 0.250. The van der Waals surface area contributed by atoms with E-state index in [1.165, 1.54) is 0 Å². The van der Waals surface area contributed by atoms with Gasteiger partial charge in [0.25, 0.3) is 0 Å². The van der Waals surface area contributed by atoms with Crippen molar-refractivity contribution in [2.45, 2.75) is 19.4 Å². The number of benzene rings is 1. The zero-order valence-corrected chi connectivity index (χ0v) is 11.8. The molecule has 1 atom stereocenters. The maximum Gasteiger partial charge on any atom is 0.239 e. The Balaban J connectivity index is 1.72. The molecule has 2 amide bonds. The molecule has 0 radical (unpaired) electrons. The standard InChI is InChI=1S/C16H18N2O3/c1-12(14-8-5-9-21-14)18-16(20)11-17-15(19)10-13-6-3-2-4-7-13/h2-9,12H,10-11H2,1H3,(H,17,19)(H,18,20)/t12-/m1/s1. The Morgan fingerprint density at radius 2 is 1.86 bits per heavy atom. The molecule has 0 fully saturated rings. The van der Waals surface area contributed by atoms with Gasteiger partial charge >= 0.3 is 0 Å². The van der Waals surface area contributed by atoms with Crippen LogP contribution in [0.5, 0.6) is 0 Å². The van der Waals surface area contributed by atoms with Crippen molar-refractivity contribution in [1.82, 2.24) is 10.6 Å². The van der Waals surface area contributed by atoms with E-state index in [2.05, 4.69) is 10.6 Å². The van der Waals surface area contributed by atoms with Gasteiger partial charge in [0.1, 0.15) is 5.76 Å². The van der Waals surface area contributed by atoms with Crippen LogP contribution in [-0.2, 0) is 16.0 Å². The van der Waals surface area contributed by atoms with E-state index >= 15 is 0 Å². The summed E-state index contributed by atoms with van der Waals surface area (Å²) < 4.78 is 5.20. The lowest BCUT2D eigenvalue weighted by Crippen LogP contribution is -2.38. The summed E-state index contributed by atoms with van der Waals surface area (Å²) in [6.45, 7) is 1.78. The van der Waals surface area contributed by atoms with Crippen molar-refractivity contribution < 1.29 is 14.0 Å². The second kappa shape index (κ2) is 7.28. The lowest BCUT2D eigenvalue weighted by Gasteiger charge is -2.12. The summed E-state index contributed by atoms with van der Waals surface area (Å²) in [5.74, 6) is 0.251. The van der Waals surface area contributed by atoms with E-state index in [1.54, 1.807) is 18.4 Å². The molecule has 0 saturated carbocycles. The van der Waals surface area contributed by atoms with Crippen LogP contribution >= 0.6 is 0 Å². The third-order valence-electron chi connectivity index (χ3n) is 3.00. The number of hydrogen-bond donors (Lipinski definition) is 2. The van der Waals surface area contributed by atoms with Crippen molar-refractivity contribution >= 4 is 11.8 Å². The monoisotopic (exact) mass is 286 g/mol. The molecule has 1 aromatic carbocycles. The molecule has 0 unspecified atom stereocenters. The Bertz CT molecular complexity index is 579. The first-order valence-electron chi connectivity index (χ1n) is 6.78. The third-order valence-corrected chi connectivity index (χ3v) is 3.00. The van der Waals surface area contributed by atoms with Crippen LogP contribution in [-0.4, -0.2) is 18.4 Å². The van der Waals surface area contributed by atoms with E-state index < -0.39 is 0 Å². The summed E-state index contributed by atoms with van der Waals surface area (Å²) >= 11 is 0. The van der Waals surface area contributed by atoms with Crippen molar-refractivity contribution in [3.05, 3.63) is 60.1 Å². The number of carbonyl (C=O) groups is 2. The van der Waals surface area contributed by atoms with Crippen LogP contribution in [0.15, 0.2) is 53.1 Å². The average Bonchev–Trinajstić information content (AvgIpc) is 3.00. The van der Waals surface area contributed by atoms with E-state index in [-0.39, 0.29) is 30.8 Å². The summed E-state index contributed by atoms with van der Waals surface area (Å²) in [6.07, 6.45) is 1.82. The van der Waals surface area contributed by atoms with Crippen LogP contribution in [0.25, 0.3) is 0 Å². The van der Waals surface area contributed by atoms with Crippen LogP contribution in [0.2, 0.25) is 0 Å². The van der Waals surface area contributed by atoms with Crippen LogP contribution in [0.3, 0.4) is 0 Å². The Hall–Kier alpha value is -2.56. The quantitative estimate of drug-likeness (QED) is 0.851. The minimum Gasteiger partial charge on any atom is -0.467 e. The first-order chi connectivity index (χ1) is 10.1. The summed E-state index contributed by atoms with van der Waals surface area (Å²) in [5.41, 5.74) is 0.916. The molecule has 1 heterocycles. The maximum absolute atomic E-state index is 11.7. The normalized spacial score (nSPS) is 11.7. The van der Waals surface area contributed by atoms with Gasteiger partial charge in [-0.25, -0.2) is 0 Å². The highest BCUT2D eigenvalue weighted by molar-refractivity contribution is 5.85. The van der Waals surface area contributed by atoms with E-state index in [1.807, 2.05) is 37.3 Å². The molecule has 0 aliphatic carbocycles. The van der Waals surface area contributed by atoms with Gasteiger partial charge in [-0.3, -0.25) is 9.59 Å². The van der Waals surface area contributed by atoms with E-state index in [0.717, 1.165) is 5.56 Å². The molecule has 5 nitrogen and oxygen atoms in total. The van der Waals surface area contributed by atoms with Crippen LogP contribution in [0.1, 0.15) is 24.3 Å². The molecule has 1 aromatic heterocycles. The van der Waals surface area contributed by atoms with Crippen molar-refractivity contribution in [3.63, 3.8) is 0 Å². The number of nitrogens with one attached hydrogen (secondary N) is 2. The van der Waals surface area contributed by atoms with Gasteiger partial charge in [-0.15, -0.1) is 0 Å². The zero-order valence-electron chi connectivity index (χ0n) is 11.8. The molecule has 0 bridgehead atoms. The predicted molar refractivity (Wildman–Crippen MR) is 78.4 cm³/mol. The van der Waals surface area contributed by atoms with E-state index in [0.29, 0.717) is 5.76 Å². The third kappa shape index (κ3) is 4.80. The van der Waals surface area contributed by atoms with Gasteiger partial charge in [0.05, 0.1) is 25.3 Å². The van der Waals surface area contributed by atoms with Crippen molar-refractivity contribution in [3.8, 4) is 0 Å². The molecule has 21 heavy (non-hydrogen) atoms. The number of amides is 2. The number of hydrogen-bond acceptors (Lipinski definition) is 3. The van der Waals surface area contributed by atoms with Gasteiger partial charge in [0, 0.05) is 0 Å². The minimum absolute atomic E-state index is 0.0449. The van der Waals surface area contributed by atoms with Crippen molar-refractivity contribution in [2.24, 2.45) is 0 Å². The zero-order chi connectivity index (χ0) is 15.1. The fourth-order valence-electron chi connectivity index (χ4n) is 1.92. The number of furan rings is 1. The topological polar surface area (TPSA) is 71.3 Å². The molecule has 0 saturated heterocycles. The highest BCUT2D eigenvalue weighted by Crippen LogP contribution is 2.11. The number of carbonyl (C=O) groups excluding carboxylic acids is 2. The first-order valence-corrected chi connectivity index (χ1v) is 6.78. The second-order valence-electron chi connectivity index (χ2n) is 4.74. The molecule has 2 aromatic rings. The number of rotatable bonds is 6. The molecule has 5 heteroatoms. The molecule has 0 aliphatic heterocycles. The highest BCUT2D eigenvalue weighted by atomic mass is 16.3. The van der Waals surface area contributed by atoms with Crippen molar-refractivity contribution in [2.75, 3.05) is 6.54 Å². The van der Waals surface area contributed by atoms with Crippen LogP contribution in [0, 0.1) is 0 Å². The van der Waals surface area contributed by atoms with Gasteiger partial charge in [0.2, 0.25) is 11.8 Å². The summed E-state index contributed by atoms with van der Waals surface area (Å²) in [4.78, 5) is 23.5. The lowest BCUT2D eigenvalue weighted by atomic mass is 10.1. The summed E-state index contributed by atoms with van der Waals surface area (Å²) in [5, 5.41) is 5.35. The molecule has 0 aliphatic rings. The van der Waals surface area contributed by atoms with Crippen molar-refractivity contribution in [1.29, 1.82) is 0 Å². The largest absolute Gasteiger partial charge is 0.467 e. The van der Waals surface area contributed by atoms with Gasteiger partial charge < -0.3 is 15.1 Å². The summed E-state index contributed by atoms with van der Waals surface area (Å²) in [6, 6.07) is 12.7. The Morgan fingerprint density at radius 3 is 2.52 bits per heavy atom. The van der Waals surface area contributed by atoms with E-state index in [4.69, 9.17) is 4.42 Å². The maximum atomic E-state index is 11.7. The smallest absolute Gasteiger partial charge is 0.239 e.